The Morgan fingerprint density at radius 3 is 0.720 bits per heavy atom. The second-order valence-electron chi connectivity index (χ2n) is 23.9. The molecule has 0 spiro atoms. The first-order valence-corrected chi connectivity index (χ1v) is 33.6. The fraction of sp³-hybridized carbons (Fsp3) is 0.955. The van der Waals surface area contributed by atoms with Crippen molar-refractivity contribution >= 4 is 17.9 Å². The van der Waals surface area contributed by atoms with Crippen LogP contribution in [0.3, 0.4) is 0 Å². The molecule has 8 heteroatoms. The van der Waals surface area contributed by atoms with Crippen molar-refractivity contribution in [2.75, 3.05) is 40.8 Å². The van der Waals surface area contributed by atoms with Crippen LogP contribution in [0, 0.1) is 0 Å². The summed E-state index contributed by atoms with van der Waals surface area (Å²) in [5.74, 6) is -0.444. The third kappa shape index (κ3) is 55.4. The van der Waals surface area contributed by atoms with Gasteiger partial charge in [0, 0.05) is 32.5 Å². The summed E-state index contributed by atoms with van der Waals surface area (Å²) in [6.07, 6.45) is 59.0. The van der Waals surface area contributed by atoms with Crippen LogP contribution in [0.5, 0.6) is 0 Å². The maximum absolute atomic E-state index is 13.5. The number of hydrogen-bond acceptors (Lipinski definition) is 8. The summed E-state index contributed by atoms with van der Waals surface area (Å²) in [5, 5.41) is 0. The largest absolute Gasteiger partial charge is 0.462 e. The predicted octanol–water partition coefficient (Wildman–Crippen LogP) is 20.2. The number of ether oxygens (including phenoxy) is 3. The van der Waals surface area contributed by atoms with Gasteiger partial charge >= 0.3 is 17.9 Å². The van der Waals surface area contributed by atoms with Gasteiger partial charge in [0.25, 0.3) is 0 Å². The van der Waals surface area contributed by atoms with Crippen molar-refractivity contribution in [3.8, 4) is 0 Å². The van der Waals surface area contributed by atoms with Gasteiger partial charge in [0.05, 0.1) is 6.42 Å². The highest BCUT2D eigenvalue weighted by atomic mass is 16.6. The lowest BCUT2D eigenvalue weighted by atomic mass is 10.0. The number of hydrogen-bond donors (Lipinski definition) is 0. The fourth-order valence-electron chi connectivity index (χ4n) is 10.7. The van der Waals surface area contributed by atoms with Crippen molar-refractivity contribution < 1.29 is 28.6 Å². The summed E-state index contributed by atoms with van der Waals surface area (Å²) in [7, 11) is 6.17. The molecule has 446 valence electrons. The molecular formula is C67H132N2O6. The third-order valence-electron chi connectivity index (χ3n) is 15.9. The summed E-state index contributed by atoms with van der Waals surface area (Å²) in [5.41, 5.74) is 0. The zero-order valence-corrected chi connectivity index (χ0v) is 51.8. The molecule has 0 bridgehead atoms. The number of carbonyl (C=O) groups excluding carboxylic acids is 3. The van der Waals surface area contributed by atoms with Crippen molar-refractivity contribution in [3.63, 3.8) is 0 Å². The summed E-state index contributed by atoms with van der Waals surface area (Å²) >= 11 is 0. The van der Waals surface area contributed by atoms with Gasteiger partial charge in [-0.1, -0.05) is 259 Å². The van der Waals surface area contributed by atoms with E-state index in [0.717, 1.165) is 64.5 Å². The van der Waals surface area contributed by atoms with Crippen LogP contribution in [0.25, 0.3) is 0 Å². The Bertz CT molecular complexity index is 1080. The first-order valence-electron chi connectivity index (χ1n) is 33.6. The van der Waals surface area contributed by atoms with Crippen molar-refractivity contribution in [3.05, 3.63) is 0 Å². The van der Waals surface area contributed by atoms with Crippen molar-refractivity contribution in [2.24, 2.45) is 0 Å². The molecule has 75 heavy (non-hydrogen) atoms. The van der Waals surface area contributed by atoms with E-state index in [2.05, 4.69) is 51.6 Å². The van der Waals surface area contributed by atoms with Crippen LogP contribution in [0.15, 0.2) is 0 Å². The van der Waals surface area contributed by atoms with Gasteiger partial charge in [0.2, 0.25) is 0 Å². The Balaban J connectivity index is 5.41. The molecule has 0 atom stereocenters. The smallest absolute Gasteiger partial charge is 0.307 e. The van der Waals surface area contributed by atoms with Gasteiger partial charge in [-0.2, -0.15) is 0 Å². The highest BCUT2D eigenvalue weighted by molar-refractivity contribution is 5.70. The quantitative estimate of drug-likeness (QED) is 0.0338. The van der Waals surface area contributed by atoms with Crippen LogP contribution >= 0.6 is 0 Å². The SMILES string of the molecule is CCCCCCCCCCCCC(CCCCCCCCCCCC)OC(=O)CCCC(CCCC(=O)OC(CCCCCCCCCCCC)CCCCCCCCCCCC)OC(=O)CCN(C)CCN(C)C. The standard InChI is InChI=1S/C67H132N2O6/c1-8-12-16-20-24-28-32-36-40-44-50-62(51-45-41-37-33-29-25-21-17-13-9-2)73-65(70)56-48-54-64(75-67(72)58-59-69(7)61-60-68(5)6)55-49-57-66(71)74-63(52-46-42-38-34-30-26-22-18-14-10-3)53-47-43-39-35-31-27-23-19-15-11-4/h62-64H,8-61H2,1-7H3. The van der Waals surface area contributed by atoms with E-state index in [1.165, 1.54) is 231 Å². The molecule has 8 nitrogen and oxygen atoms in total. The molecule has 0 aliphatic rings. The average molecular weight is 1060 g/mol. The second kappa shape index (κ2) is 58.5. The number of likely N-dealkylation sites (N-methyl/N-ethyl adjacent to an activating group) is 2. The Labute approximate surface area is 468 Å². The predicted molar refractivity (Wildman–Crippen MR) is 324 cm³/mol. The monoisotopic (exact) mass is 1060 g/mol. The maximum Gasteiger partial charge on any atom is 0.307 e. The maximum atomic E-state index is 13.5. The van der Waals surface area contributed by atoms with E-state index in [-0.39, 0.29) is 36.2 Å². The molecule has 0 rings (SSSR count). The van der Waals surface area contributed by atoms with Gasteiger partial charge in [-0.3, -0.25) is 14.4 Å². The zero-order valence-electron chi connectivity index (χ0n) is 51.8. The van der Waals surface area contributed by atoms with Gasteiger partial charge in [-0.15, -0.1) is 0 Å². The molecule has 0 unspecified atom stereocenters. The van der Waals surface area contributed by atoms with Crippen molar-refractivity contribution in [2.45, 2.75) is 373 Å². The van der Waals surface area contributed by atoms with Crippen LogP contribution in [0.4, 0.5) is 0 Å². The molecule has 0 aromatic rings. The Hall–Kier alpha value is -1.67. The van der Waals surface area contributed by atoms with Crippen LogP contribution in [-0.4, -0.2) is 86.8 Å². The Kier molecular flexibility index (Phi) is 57.2. The summed E-state index contributed by atoms with van der Waals surface area (Å²) in [6, 6.07) is 0. The van der Waals surface area contributed by atoms with Gasteiger partial charge in [-0.25, -0.2) is 0 Å². The molecule has 0 aliphatic carbocycles. The summed E-state index contributed by atoms with van der Waals surface area (Å²) < 4.78 is 18.6. The summed E-state index contributed by atoms with van der Waals surface area (Å²) in [4.78, 5) is 44.6. The molecule has 0 aromatic heterocycles. The van der Waals surface area contributed by atoms with Crippen LogP contribution < -0.4 is 0 Å². The third-order valence-corrected chi connectivity index (χ3v) is 15.9. The molecular weight excluding hydrogens is 929 g/mol. The number of rotatable bonds is 61. The zero-order chi connectivity index (χ0) is 54.9. The highest BCUT2D eigenvalue weighted by Crippen LogP contribution is 2.23. The minimum atomic E-state index is -0.339. The molecule has 0 N–H and O–H groups in total. The van der Waals surface area contributed by atoms with E-state index in [0.29, 0.717) is 51.5 Å². The van der Waals surface area contributed by atoms with Crippen LogP contribution in [0.1, 0.15) is 355 Å². The Morgan fingerprint density at radius 2 is 0.480 bits per heavy atom. The van der Waals surface area contributed by atoms with Crippen LogP contribution in [-0.2, 0) is 28.6 Å². The fourth-order valence-corrected chi connectivity index (χ4v) is 10.7. The number of nitrogens with zero attached hydrogens (tertiary/aromatic N) is 2. The minimum absolute atomic E-state index is 0.0104. The highest BCUT2D eigenvalue weighted by Gasteiger charge is 2.20. The lowest BCUT2D eigenvalue weighted by Crippen LogP contribution is -2.31. The van der Waals surface area contributed by atoms with E-state index < -0.39 is 0 Å². The molecule has 0 aromatic carbocycles. The first kappa shape index (κ1) is 73.3. The topological polar surface area (TPSA) is 85.4 Å². The van der Waals surface area contributed by atoms with Crippen molar-refractivity contribution in [1.82, 2.24) is 9.80 Å². The van der Waals surface area contributed by atoms with E-state index in [1.54, 1.807) is 0 Å². The molecule has 0 saturated carbocycles. The van der Waals surface area contributed by atoms with Gasteiger partial charge in [0.15, 0.2) is 0 Å². The Morgan fingerprint density at radius 1 is 0.267 bits per heavy atom. The average Bonchev–Trinajstić information content (AvgIpc) is 3.39. The normalized spacial score (nSPS) is 11.8. The van der Waals surface area contributed by atoms with Gasteiger partial charge in [0.1, 0.15) is 18.3 Å². The summed E-state index contributed by atoms with van der Waals surface area (Å²) in [6.45, 7) is 11.6. The molecule has 0 saturated heterocycles. The van der Waals surface area contributed by atoms with Crippen LogP contribution in [0.2, 0.25) is 0 Å². The minimum Gasteiger partial charge on any atom is -0.462 e. The lowest BCUT2D eigenvalue weighted by molar-refractivity contribution is -0.151. The van der Waals surface area contributed by atoms with E-state index in [4.69, 9.17) is 14.2 Å². The van der Waals surface area contributed by atoms with Crippen molar-refractivity contribution in [1.29, 1.82) is 0 Å². The van der Waals surface area contributed by atoms with E-state index in [1.807, 2.05) is 7.05 Å². The number of esters is 3. The van der Waals surface area contributed by atoms with Gasteiger partial charge < -0.3 is 24.0 Å². The first-order chi connectivity index (χ1) is 36.6. The van der Waals surface area contributed by atoms with E-state index in [9.17, 15) is 14.4 Å². The molecule has 0 fully saturated rings. The van der Waals surface area contributed by atoms with E-state index >= 15 is 0 Å². The number of carbonyl (C=O) groups is 3. The lowest BCUT2D eigenvalue weighted by Gasteiger charge is -2.22. The molecule has 0 radical (unpaired) electrons. The number of unbranched alkanes of at least 4 members (excludes halogenated alkanes) is 36. The second-order valence-corrected chi connectivity index (χ2v) is 23.9. The molecule has 0 heterocycles. The molecule has 0 amide bonds. The molecule has 0 aliphatic heterocycles. The van der Waals surface area contributed by atoms with Gasteiger partial charge in [-0.05, 0) is 98.2 Å².